The minimum absolute atomic E-state index is 0.108. The number of carbonyl (C=O) groups excluding carboxylic acids is 2. The normalized spacial score (nSPS) is 23.6. The number of rotatable bonds is 5. The first-order chi connectivity index (χ1) is 12.8. The topological polar surface area (TPSA) is 40.6 Å². The summed E-state index contributed by atoms with van der Waals surface area (Å²) in [6.07, 6.45) is 2.98. The zero-order valence-corrected chi connectivity index (χ0v) is 17.3. The molecule has 2 aliphatic rings. The highest BCUT2D eigenvalue weighted by Crippen LogP contribution is 2.35. The van der Waals surface area contributed by atoms with Crippen molar-refractivity contribution in [3.05, 3.63) is 40.6 Å². The molecule has 1 fully saturated rings. The van der Waals surface area contributed by atoms with Crippen LogP contribution in [0.15, 0.2) is 23.9 Å². The quantitative estimate of drug-likeness (QED) is 0.733. The van der Waals surface area contributed by atoms with Crippen LogP contribution in [0.2, 0.25) is 0 Å². The molecule has 4 nitrogen and oxygen atoms in total. The molecule has 2 amide bonds. The summed E-state index contributed by atoms with van der Waals surface area (Å²) >= 11 is 0. The zero-order valence-electron chi connectivity index (χ0n) is 17.3. The lowest BCUT2D eigenvalue weighted by Gasteiger charge is -2.37. The molecule has 0 saturated carbocycles. The molecule has 2 aliphatic heterocycles. The van der Waals surface area contributed by atoms with Crippen LogP contribution in [-0.4, -0.2) is 41.2 Å². The molecule has 3 rings (SSSR count). The number of aryl methyl sites for hydroxylation is 2. The highest BCUT2D eigenvalue weighted by molar-refractivity contribution is 6.35. The molecule has 146 valence electrons. The smallest absolute Gasteiger partial charge is 0.277 e. The van der Waals surface area contributed by atoms with E-state index in [1.54, 1.807) is 0 Å². The molecule has 0 spiro atoms. The van der Waals surface area contributed by atoms with E-state index in [0.717, 1.165) is 37.1 Å². The molecular formula is C23H32N2O2. The van der Waals surface area contributed by atoms with Gasteiger partial charge in [-0.05, 0) is 55.2 Å². The second-order valence-electron chi connectivity index (χ2n) is 8.49. The van der Waals surface area contributed by atoms with Crippen LogP contribution in [-0.2, 0) is 9.59 Å². The predicted molar refractivity (Wildman–Crippen MR) is 109 cm³/mol. The van der Waals surface area contributed by atoms with Crippen molar-refractivity contribution in [3.8, 4) is 0 Å². The van der Waals surface area contributed by atoms with Crippen molar-refractivity contribution in [3.63, 3.8) is 0 Å². The Bertz CT molecular complexity index is 771. The van der Waals surface area contributed by atoms with Crippen molar-refractivity contribution in [2.24, 2.45) is 11.8 Å². The van der Waals surface area contributed by atoms with E-state index < -0.39 is 0 Å². The predicted octanol–water partition coefficient (Wildman–Crippen LogP) is 4.16. The lowest BCUT2D eigenvalue weighted by atomic mass is 9.90. The van der Waals surface area contributed by atoms with Gasteiger partial charge in [0.1, 0.15) is 5.70 Å². The summed E-state index contributed by atoms with van der Waals surface area (Å²) in [5.41, 5.74) is 4.43. The Morgan fingerprint density at radius 1 is 1.00 bits per heavy atom. The molecule has 1 aromatic rings. The van der Waals surface area contributed by atoms with Crippen molar-refractivity contribution >= 4 is 17.4 Å². The number of imide groups is 1. The first-order valence-electron chi connectivity index (χ1n) is 10.3. The molecule has 0 aromatic heterocycles. The SMILES string of the molecule is CCCCN1C(=O)C(c2ccc(C)c(C)c2)=C(N2CC(C)CC(C)C2)C1=O. The van der Waals surface area contributed by atoms with Crippen molar-refractivity contribution in [1.29, 1.82) is 0 Å². The Hall–Kier alpha value is -2.10. The van der Waals surface area contributed by atoms with E-state index in [9.17, 15) is 9.59 Å². The fourth-order valence-corrected chi connectivity index (χ4v) is 4.38. The summed E-state index contributed by atoms with van der Waals surface area (Å²) in [6.45, 7) is 12.9. The highest BCUT2D eigenvalue weighted by Gasteiger charge is 2.42. The fourth-order valence-electron chi connectivity index (χ4n) is 4.38. The Morgan fingerprint density at radius 2 is 1.67 bits per heavy atom. The van der Waals surface area contributed by atoms with Crippen LogP contribution in [0.25, 0.3) is 5.57 Å². The van der Waals surface area contributed by atoms with E-state index in [1.807, 2.05) is 12.1 Å². The van der Waals surface area contributed by atoms with Crippen molar-refractivity contribution in [1.82, 2.24) is 9.80 Å². The third kappa shape index (κ3) is 3.80. The average Bonchev–Trinajstić information content (AvgIpc) is 2.85. The van der Waals surface area contributed by atoms with Crippen LogP contribution in [0, 0.1) is 25.7 Å². The summed E-state index contributed by atoms with van der Waals surface area (Å²) in [4.78, 5) is 30.2. The third-order valence-electron chi connectivity index (χ3n) is 5.86. The standard InChI is InChI=1S/C23H32N2O2/c1-6-7-10-25-22(26)20(19-9-8-17(4)18(5)12-19)21(23(25)27)24-13-15(2)11-16(3)14-24/h8-9,12,15-16H,6-7,10-11,13-14H2,1-5H3. The Balaban J connectivity index is 2.07. The molecule has 0 bridgehead atoms. The summed E-state index contributed by atoms with van der Waals surface area (Å²) in [5, 5.41) is 0. The molecule has 0 aliphatic carbocycles. The Kier molecular flexibility index (Phi) is 5.73. The van der Waals surface area contributed by atoms with Gasteiger partial charge in [-0.25, -0.2) is 0 Å². The largest absolute Gasteiger partial charge is 0.366 e. The number of likely N-dealkylation sites (tertiary alicyclic amines) is 1. The van der Waals surface area contributed by atoms with Gasteiger partial charge in [0.2, 0.25) is 0 Å². The first kappa shape index (κ1) is 19.7. The maximum Gasteiger partial charge on any atom is 0.277 e. The van der Waals surface area contributed by atoms with Crippen LogP contribution in [0.1, 0.15) is 56.7 Å². The van der Waals surface area contributed by atoms with Gasteiger partial charge in [0.05, 0.1) is 5.57 Å². The molecular weight excluding hydrogens is 336 g/mol. The average molecular weight is 369 g/mol. The number of benzene rings is 1. The first-order valence-corrected chi connectivity index (χ1v) is 10.3. The second-order valence-corrected chi connectivity index (χ2v) is 8.49. The molecule has 1 aromatic carbocycles. The Morgan fingerprint density at radius 3 is 2.26 bits per heavy atom. The van der Waals surface area contributed by atoms with E-state index in [4.69, 9.17) is 0 Å². The number of hydrogen-bond acceptors (Lipinski definition) is 3. The van der Waals surface area contributed by atoms with Gasteiger partial charge in [-0.3, -0.25) is 14.5 Å². The molecule has 2 heterocycles. The minimum Gasteiger partial charge on any atom is -0.366 e. The van der Waals surface area contributed by atoms with Gasteiger partial charge in [0.15, 0.2) is 0 Å². The summed E-state index contributed by atoms with van der Waals surface area (Å²) < 4.78 is 0. The maximum absolute atomic E-state index is 13.3. The van der Waals surface area contributed by atoms with Gasteiger partial charge in [0, 0.05) is 19.6 Å². The van der Waals surface area contributed by atoms with Gasteiger partial charge in [-0.1, -0.05) is 45.4 Å². The summed E-state index contributed by atoms with van der Waals surface area (Å²) in [6, 6.07) is 6.09. The van der Waals surface area contributed by atoms with Gasteiger partial charge < -0.3 is 4.90 Å². The van der Waals surface area contributed by atoms with E-state index in [1.165, 1.54) is 16.9 Å². The Labute approximate surface area is 163 Å². The zero-order chi connectivity index (χ0) is 19.7. The van der Waals surface area contributed by atoms with E-state index in [2.05, 4.69) is 45.6 Å². The number of unbranched alkanes of at least 4 members (excludes halogenated alkanes) is 1. The van der Waals surface area contributed by atoms with Crippen LogP contribution in [0.5, 0.6) is 0 Å². The number of amides is 2. The summed E-state index contributed by atoms with van der Waals surface area (Å²) in [7, 11) is 0. The molecule has 2 unspecified atom stereocenters. The van der Waals surface area contributed by atoms with Crippen LogP contribution in [0.3, 0.4) is 0 Å². The monoisotopic (exact) mass is 368 g/mol. The molecule has 0 N–H and O–H groups in total. The van der Waals surface area contributed by atoms with Crippen LogP contribution >= 0.6 is 0 Å². The lowest BCUT2D eigenvalue weighted by molar-refractivity contribution is -0.137. The molecule has 0 radical (unpaired) electrons. The van der Waals surface area contributed by atoms with Gasteiger partial charge in [-0.2, -0.15) is 0 Å². The molecule has 27 heavy (non-hydrogen) atoms. The number of hydrogen-bond donors (Lipinski definition) is 0. The van der Waals surface area contributed by atoms with E-state index in [-0.39, 0.29) is 11.8 Å². The highest BCUT2D eigenvalue weighted by atomic mass is 16.2. The second kappa shape index (κ2) is 7.87. The lowest BCUT2D eigenvalue weighted by Crippen LogP contribution is -2.42. The maximum atomic E-state index is 13.3. The number of nitrogens with zero attached hydrogens (tertiary/aromatic N) is 2. The minimum atomic E-state index is -0.127. The van der Waals surface area contributed by atoms with Crippen molar-refractivity contribution in [2.75, 3.05) is 19.6 Å². The third-order valence-corrected chi connectivity index (χ3v) is 5.86. The van der Waals surface area contributed by atoms with Crippen molar-refractivity contribution in [2.45, 2.75) is 53.9 Å². The van der Waals surface area contributed by atoms with E-state index in [0.29, 0.717) is 29.7 Å². The van der Waals surface area contributed by atoms with Crippen LogP contribution < -0.4 is 0 Å². The van der Waals surface area contributed by atoms with Gasteiger partial charge >= 0.3 is 0 Å². The van der Waals surface area contributed by atoms with Crippen molar-refractivity contribution < 1.29 is 9.59 Å². The van der Waals surface area contributed by atoms with E-state index >= 15 is 0 Å². The number of piperidine rings is 1. The van der Waals surface area contributed by atoms with Gasteiger partial charge in [0.25, 0.3) is 11.8 Å². The van der Waals surface area contributed by atoms with Gasteiger partial charge in [-0.15, -0.1) is 0 Å². The van der Waals surface area contributed by atoms with Crippen LogP contribution in [0.4, 0.5) is 0 Å². The molecule has 4 heteroatoms. The fraction of sp³-hybridized carbons (Fsp3) is 0.565. The number of carbonyl (C=O) groups is 2. The molecule has 1 saturated heterocycles. The molecule has 2 atom stereocenters. The summed E-state index contributed by atoms with van der Waals surface area (Å²) in [5.74, 6) is 0.810.